The first-order valence-corrected chi connectivity index (χ1v) is 6.44. The van der Waals surface area contributed by atoms with Crippen LogP contribution in [0.2, 0.25) is 0 Å². The van der Waals surface area contributed by atoms with E-state index in [-0.39, 0.29) is 11.0 Å². The van der Waals surface area contributed by atoms with Crippen LogP contribution in [0.5, 0.6) is 0 Å². The van der Waals surface area contributed by atoms with Gasteiger partial charge in [0, 0.05) is 6.54 Å². The summed E-state index contributed by atoms with van der Waals surface area (Å²) in [7, 11) is -3.56. The van der Waals surface area contributed by atoms with Crippen LogP contribution in [-0.2, 0) is 10.2 Å². The monoisotopic (exact) mass is 296 g/mol. The molecule has 0 unspecified atom stereocenters. The Morgan fingerprint density at radius 2 is 2.13 bits per heavy atom. The molecule has 0 aromatic heterocycles. The number of rotatable bonds is 4. The van der Waals surface area contributed by atoms with Gasteiger partial charge in [0.1, 0.15) is 5.82 Å². The van der Waals surface area contributed by atoms with Crippen molar-refractivity contribution in [1.29, 1.82) is 0 Å². The van der Waals surface area contributed by atoms with Crippen LogP contribution in [-0.4, -0.2) is 15.0 Å². The summed E-state index contributed by atoms with van der Waals surface area (Å²) in [5.74, 6) is -0.443. The lowest BCUT2D eigenvalue weighted by Gasteiger charge is -2.08. The minimum absolute atomic E-state index is 0.208. The number of hydrogen-bond acceptors (Lipinski definition) is 2. The summed E-state index contributed by atoms with van der Waals surface area (Å²) in [4.78, 5) is 0. The zero-order chi connectivity index (χ0) is 11.5. The van der Waals surface area contributed by atoms with E-state index in [1.165, 1.54) is 18.2 Å². The van der Waals surface area contributed by atoms with Gasteiger partial charge in [-0.25, -0.2) is 4.39 Å². The summed E-state index contributed by atoms with van der Waals surface area (Å²) in [5.41, 5.74) is 0.296. The van der Waals surface area contributed by atoms with Gasteiger partial charge in [-0.15, -0.1) is 0 Å². The summed E-state index contributed by atoms with van der Waals surface area (Å²) < 4.78 is 40.1. The Balaban J connectivity index is 2.86. The van der Waals surface area contributed by atoms with E-state index < -0.39 is 16.0 Å². The molecule has 0 amide bonds. The van der Waals surface area contributed by atoms with Gasteiger partial charge in [0.25, 0.3) is 10.2 Å². The molecule has 0 spiro atoms. The van der Waals surface area contributed by atoms with E-state index in [4.69, 9.17) is 0 Å². The van der Waals surface area contributed by atoms with Crippen molar-refractivity contribution in [2.45, 2.75) is 6.92 Å². The van der Waals surface area contributed by atoms with Crippen LogP contribution >= 0.6 is 15.9 Å². The summed E-state index contributed by atoms with van der Waals surface area (Å²) >= 11 is 2.96. The van der Waals surface area contributed by atoms with Crippen LogP contribution in [0.4, 0.5) is 10.1 Å². The van der Waals surface area contributed by atoms with Crippen molar-refractivity contribution in [1.82, 2.24) is 4.72 Å². The van der Waals surface area contributed by atoms with Crippen molar-refractivity contribution < 1.29 is 12.8 Å². The Labute approximate surface area is 96.2 Å². The molecule has 0 fully saturated rings. The minimum Gasteiger partial charge on any atom is -0.271 e. The Morgan fingerprint density at radius 1 is 1.47 bits per heavy atom. The van der Waals surface area contributed by atoms with E-state index in [0.29, 0.717) is 5.69 Å². The van der Waals surface area contributed by atoms with Crippen molar-refractivity contribution in [3.05, 3.63) is 28.5 Å². The normalized spacial score (nSPS) is 11.4. The number of halogens is 2. The summed E-state index contributed by atoms with van der Waals surface area (Å²) in [6, 6.07) is 3.87. The molecule has 1 aromatic carbocycles. The molecule has 0 saturated heterocycles. The zero-order valence-electron chi connectivity index (χ0n) is 7.92. The molecular weight excluding hydrogens is 287 g/mol. The van der Waals surface area contributed by atoms with Gasteiger partial charge in [-0.1, -0.05) is 6.92 Å². The summed E-state index contributed by atoms with van der Waals surface area (Å²) in [6.07, 6.45) is 0. The van der Waals surface area contributed by atoms with Gasteiger partial charge in [0.15, 0.2) is 0 Å². The third kappa shape index (κ3) is 3.77. The molecule has 1 rings (SSSR count). The second-order valence-electron chi connectivity index (χ2n) is 2.73. The molecule has 2 N–H and O–H groups in total. The van der Waals surface area contributed by atoms with Gasteiger partial charge in [-0.05, 0) is 34.1 Å². The van der Waals surface area contributed by atoms with Crippen molar-refractivity contribution in [2.24, 2.45) is 0 Å². The van der Waals surface area contributed by atoms with E-state index in [1.54, 1.807) is 6.92 Å². The molecular formula is C8H10BrFN2O2S. The van der Waals surface area contributed by atoms with E-state index >= 15 is 0 Å². The Bertz CT molecular complexity index is 450. The fourth-order valence-corrected chi connectivity index (χ4v) is 2.21. The van der Waals surface area contributed by atoms with Crippen LogP contribution < -0.4 is 9.44 Å². The van der Waals surface area contributed by atoms with E-state index in [9.17, 15) is 12.8 Å². The Hall–Kier alpha value is -0.660. The summed E-state index contributed by atoms with van der Waals surface area (Å²) in [5, 5.41) is 0. The van der Waals surface area contributed by atoms with Gasteiger partial charge < -0.3 is 0 Å². The molecule has 0 radical (unpaired) electrons. The lowest BCUT2D eigenvalue weighted by atomic mass is 10.3. The number of anilines is 1. The highest BCUT2D eigenvalue weighted by Crippen LogP contribution is 2.20. The smallest absolute Gasteiger partial charge is 0.271 e. The molecule has 0 aliphatic heterocycles. The van der Waals surface area contributed by atoms with Gasteiger partial charge in [0.2, 0.25) is 0 Å². The van der Waals surface area contributed by atoms with Gasteiger partial charge in [-0.3, -0.25) is 4.72 Å². The first-order chi connectivity index (χ1) is 6.94. The third-order valence-electron chi connectivity index (χ3n) is 1.51. The maximum Gasteiger partial charge on any atom is 0.299 e. The highest BCUT2D eigenvalue weighted by atomic mass is 79.9. The second kappa shape index (κ2) is 4.91. The molecule has 0 saturated carbocycles. The van der Waals surface area contributed by atoms with Crippen molar-refractivity contribution >= 4 is 31.8 Å². The lowest BCUT2D eigenvalue weighted by molar-refractivity contribution is 0.589. The first kappa shape index (κ1) is 12.4. The van der Waals surface area contributed by atoms with Gasteiger partial charge >= 0.3 is 0 Å². The van der Waals surface area contributed by atoms with Crippen molar-refractivity contribution in [2.75, 3.05) is 11.3 Å². The number of nitrogens with one attached hydrogen (secondary N) is 2. The predicted octanol–water partition coefficient (Wildman–Crippen LogP) is 1.85. The fraction of sp³-hybridized carbons (Fsp3) is 0.250. The molecule has 84 valence electrons. The lowest BCUT2D eigenvalue weighted by Crippen LogP contribution is -2.29. The molecule has 0 heterocycles. The van der Waals surface area contributed by atoms with Gasteiger partial charge in [0.05, 0.1) is 10.2 Å². The maximum absolute atomic E-state index is 12.8. The molecule has 4 nitrogen and oxygen atoms in total. The summed E-state index contributed by atoms with van der Waals surface area (Å²) in [6.45, 7) is 1.96. The van der Waals surface area contributed by atoms with Crippen LogP contribution in [0.1, 0.15) is 6.92 Å². The highest BCUT2D eigenvalue weighted by Gasteiger charge is 2.08. The standard InChI is InChI=1S/C8H10BrFN2O2S/c1-2-11-15(13,14)12-6-3-4-8(10)7(9)5-6/h3-5,11-12H,2H2,1H3. The average molecular weight is 297 g/mol. The van der Waals surface area contributed by atoms with Crippen molar-refractivity contribution in [3.8, 4) is 0 Å². The molecule has 0 aliphatic carbocycles. The first-order valence-electron chi connectivity index (χ1n) is 4.17. The maximum atomic E-state index is 12.8. The Morgan fingerprint density at radius 3 is 2.67 bits per heavy atom. The van der Waals surface area contributed by atoms with E-state index in [2.05, 4.69) is 25.4 Å². The molecule has 7 heteroatoms. The largest absolute Gasteiger partial charge is 0.299 e. The second-order valence-corrected chi connectivity index (χ2v) is 5.09. The Kier molecular flexibility index (Phi) is 4.06. The van der Waals surface area contributed by atoms with E-state index in [0.717, 1.165) is 0 Å². The molecule has 1 aromatic rings. The topological polar surface area (TPSA) is 58.2 Å². The average Bonchev–Trinajstić information content (AvgIpc) is 2.10. The highest BCUT2D eigenvalue weighted by molar-refractivity contribution is 9.10. The predicted molar refractivity (Wildman–Crippen MR) is 60.3 cm³/mol. The fourth-order valence-electron chi connectivity index (χ4n) is 0.941. The van der Waals surface area contributed by atoms with Crippen molar-refractivity contribution in [3.63, 3.8) is 0 Å². The molecule has 15 heavy (non-hydrogen) atoms. The SMILES string of the molecule is CCNS(=O)(=O)Nc1ccc(F)c(Br)c1. The minimum atomic E-state index is -3.56. The molecule has 0 atom stereocenters. The van der Waals surface area contributed by atoms with Crippen LogP contribution in [0.3, 0.4) is 0 Å². The van der Waals surface area contributed by atoms with Crippen LogP contribution in [0, 0.1) is 5.82 Å². The number of benzene rings is 1. The zero-order valence-corrected chi connectivity index (χ0v) is 10.3. The van der Waals surface area contributed by atoms with Gasteiger partial charge in [-0.2, -0.15) is 13.1 Å². The molecule has 0 bridgehead atoms. The molecule has 0 aliphatic rings. The number of hydrogen-bond donors (Lipinski definition) is 2. The third-order valence-corrected chi connectivity index (χ3v) is 3.29. The van der Waals surface area contributed by atoms with E-state index in [1.807, 2.05) is 0 Å². The van der Waals surface area contributed by atoms with Crippen LogP contribution in [0.15, 0.2) is 22.7 Å². The quantitative estimate of drug-likeness (QED) is 0.891. The van der Waals surface area contributed by atoms with Crippen LogP contribution in [0.25, 0.3) is 0 Å².